The fraction of sp³-hybridized carbons (Fsp3) is 0.562. The summed E-state index contributed by atoms with van der Waals surface area (Å²) in [4.78, 5) is 13.7. The summed E-state index contributed by atoms with van der Waals surface area (Å²) >= 11 is 0. The molecule has 1 amide bonds. The van der Waals surface area contributed by atoms with Crippen molar-refractivity contribution in [1.82, 2.24) is 4.90 Å². The van der Waals surface area contributed by atoms with Crippen molar-refractivity contribution in [1.29, 1.82) is 0 Å². The van der Waals surface area contributed by atoms with E-state index in [1.807, 2.05) is 51.1 Å². The van der Waals surface area contributed by atoms with Crippen molar-refractivity contribution in [2.24, 2.45) is 0 Å². The number of benzene rings is 1. The van der Waals surface area contributed by atoms with Gasteiger partial charge in [-0.25, -0.2) is 4.79 Å². The molecule has 1 fully saturated rings. The van der Waals surface area contributed by atoms with Crippen LogP contribution in [0.2, 0.25) is 0 Å². The quantitative estimate of drug-likeness (QED) is 0.923. The smallest absolute Gasteiger partial charge is 0.410 e. The highest BCUT2D eigenvalue weighted by atomic mass is 16.6. The van der Waals surface area contributed by atoms with Gasteiger partial charge in [0.05, 0.1) is 6.10 Å². The van der Waals surface area contributed by atoms with Crippen molar-refractivity contribution in [3.05, 3.63) is 35.9 Å². The first-order valence-corrected chi connectivity index (χ1v) is 7.09. The second-order valence-electron chi connectivity index (χ2n) is 6.28. The van der Waals surface area contributed by atoms with Gasteiger partial charge in [-0.3, -0.25) is 0 Å². The Morgan fingerprint density at radius 3 is 2.55 bits per heavy atom. The Morgan fingerprint density at radius 1 is 1.40 bits per heavy atom. The molecule has 4 nitrogen and oxygen atoms in total. The topological polar surface area (TPSA) is 49.8 Å². The average molecular weight is 277 g/mol. The van der Waals surface area contributed by atoms with Gasteiger partial charge in [0.2, 0.25) is 0 Å². The van der Waals surface area contributed by atoms with Crippen LogP contribution in [0.25, 0.3) is 0 Å². The zero-order valence-electron chi connectivity index (χ0n) is 12.4. The lowest BCUT2D eigenvalue weighted by Gasteiger charge is -2.42. The van der Waals surface area contributed by atoms with E-state index in [2.05, 4.69) is 0 Å². The summed E-state index contributed by atoms with van der Waals surface area (Å²) < 4.78 is 5.36. The largest absolute Gasteiger partial charge is 0.444 e. The molecule has 0 radical (unpaired) electrons. The molecule has 0 saturated carbocycles. The van der Waals surface area contributed by atoms with Gasteiger partial charge in [-0.05, 0) is 39.2 Å². The fourth-order valence-corrected chi connectivity index (χ4v) is 2.32. The SMILES string of the molecule is CC(C)(C)OC(=O)N1CC[C@@H]1C[C@H](O)c1ccccc1. The first kappa shape index (κ1) is 14.9. The third kappa shape index (κ3) is 3.73. The molecule has 0 bridgehead atoms. The normalized spacial score (nSPS) is 20.2. The highest BCUT2D eigenvalue weighted by Crippen LogP contribution is 2.29. The summed E-state index contributed by atoms with van der Waals surface area (Å²) in [6.45, 7) is 6.29. The summed E-state index contributed by atoms with van der Waals surface area (Å²) in [7, 11) is 0. The Balaban J connectivity index is 1.89. The van der Waals surface area contributed by atoms with Crippen molar-refractivity contribution >= 4 is 6.09 Å². The fourth-order valence-electron chi connectivity index (χ4n) is 2.32. The molecule has 1 aliphatic heterocycles. The van der Waals surface area contributed by atoms with E-state index in [-0.39, 0.29) is 12.1 Å². The monoisotopic (exact) mass is 277 g/mol. The zero-order chi connectivity index (χ0) is 14.8. The molecule has 1 aromatic rings. The van der Waals surface area contributed by atoms with E-state index >= 15 is 0 Å². The Kier molecular flexibility index (Phi) is 4.33. The maximum Gasteiger partial charge on any atom is 0.410 e. The minimum Gasteiger partial charge on any atom is -0.444 e. The van der Waals surface area contributed by atoms with Crippen molar-refractivity contribution in [2.45, 2.75) is 51.4 Å². The van der Waals surface area contributed by atoms with Gasteiger partial charge < -0.3 is 14.7 Å². The number of amides is 1. The van der Waals surface area contributed by atoms with Crippen LogP contribution in [-0.2, 0) is 4.74 Å². The minimum atomic E-state index is -0.536. The summed E-state index contributed by atoms with van der Waals surface area (Å²) in [5.41, 5.74) is 0.415. The van der Waals surface area contributed by atoms with Gasteiger partial charge in [0.1, 0.15) is 5.60 Å². The first-order chi connectivity index (χ1) is 9.37. The number of aliphatic hydroxyl groups is 1. The van der Waals surface area contributed by atoms with E-state index in [1.165, 1.54) is 0 Å². The lowest BCUT2D eigenvalue weighted by atomic mass is 9.94. The predicted octanol–water partition coefficient (Wildman–Crippen LogP) is 3.12. The lowest BCUT2D eigenvalue weighted by Crippen LogP contribution is -2.53. The second-order valence-corrected chi connectivity index (χ2v) is 6.28. The highest BCUT2D eigenvalue weighted by Gasteiger charge is 2.36. The number of rotatable bonds is 3. The van der Waals surface area contributed by atoms with Crippen LogP contribution in [0.5, 0.6) is 0 Å². The second kappa shape index (κ2) is 5.83. The Morgan fingerprint density at radius 2 is 2.05 bits per heavy atom. The Labute approximate surface area is 120 Å². The molecule has 0 aromatic heterocycles. The third-order valence-electron chi connectivity index (χ3n) is 3.45. The van der Waals surface area contributed by atoms with E-state index in [4.69, 9.17) is 4.74 Å². The van der Waals surface area contributed by atoms with Crippen molar-refractivity contribution in [3.8, 4) is 0 Å². The molecule has 1 aliphatic rings. The molecule has 0 unspecified atom stereocenters. The maximum absolute atomic E-state index is 12.0. The molecular weight excluding hydrogens is 254 g/mol. The molecule has 2 rings (SSSR count). The average Bonchev–Trinajstić information content (AvgIpc) is 2.33. The van der Waals surface area contributed by atoms with E-state index < -0.39 is 11.7 Å². The van der Waals surface area contributed by atoms with Gasteiger partial charge in [0.25, 0.3) is 0 Å². The number of ether oxygens (including phenoxy) is 1. The number of nitrogens with zero attached hydrogens (tertiary/aromatic N) is 1. The summed E-state index contributed by atoms with van der Waals surface area (Å²) in [5, 5.41) is 10.2. The number of hydrogen-bond donors (Lipinski definition) is 1. The number of likely N-dealkylation sites (tertiary alicyclic amines) is 1. The molecule has 110 valence electrons. The van der Waals surface area contributed by atoms with Crippen LogP contribution in [0.4, 0.5) is 4.79 Å². The molecule has 20 heavy (non-hydrogen) atoms. The maximum atomic E-state index is 12.0. The predicted molar refractivity (Wildman–Crippen MR) is 77.4 cm³/mol. The van der Waals surface area contributed by atoms with E-state index in [0.717, 1.165) is 12.0 Å². The van der Waals surface area contributed by atoms with Gasteiger partial charge >= 0.3 is 6.09 Å². The molecule has 0 spiro atoms. The Hall–Kier alpha value is -1.55. The molecular formula is C16H23NO3. The van der Waals surface area contributed by atoms with Crippen molar-refractivity contribution in [2.75, 3.05) is 6.54 Å². The van der Waals surface area contributed by atoms with Crippen LogP contribution in [0, 0.1) is 0 Å². The summed E-state index contributed by atoms with van der Waals surface area (Å²) in [5.74, 6) is 0. The minimum absolute atomic E-state index is 0.0695. The van der Waals surface area contributed by atoms with Crippen LogP contribution in [0.1, 0.15) is 45.3 Å². The lowest BCUT2D eigenvalue weighted by molar-refractivity contribution is -0.0156. The summed E-state index contributed by atoms with van der Waals surface area (Å²) in [6, 6.07) is 9.62. The standard InChI is InChI=1S/C16H23NO3/c1-16(2,3)20-15(19)17-10-9-13(17)11-14(18)12-7-5-4-6-8-12/h4-8,13-14,18H,9-11H2,1-3H3/t13-,14+/m1/s1. The number of aliphatic hydroxyl groups excluding tert-OH is 1. The van der Waals surface area contributed by atoms with Crippen LogP contribution in [0.3, 0.4) is 0 Å². The molecule has 1 heterocycles. The molecule has 1 aromatic carbocycles. The highest BCUT2D eigenvalue weighted by molar-refractivity contribution is 5.69. The van der Waals surface area contributed by atoms with Crippen LogP contribution in [0.15, 0.2) is 30.3 Å². The first-order valence-electron chi connectivity index (χ1n) is 7.09. The van der Waals surface area contributed by atoms with Gasteiger partial charge in [-0.15, -0.1) is 0 Å². The number of carbonyl (C=O) groups excluding carboxylic acids is 1. The van der Waals surface area contributed by atoms with E-state index in [0.29, 0.717) is 13.0 Å². The molecule has 1 N–H and O–H groups in total. The van der Waals surface area contributed by atoms with Gasteiger partial charge in [0.15, 0.2) is 0 Å². The Bertz CT molecular complexity index is 453. The third-order valence-corrected chi connectivity index (χ3v) is 3.45. The number of carbonyl (C=O) groups is 1. The summed E-state index contributed by atoms with van der Waals surface area (Å²) in [6.07, 6.45) is 0.660. The molecule has 4 heteroatoms. The van der Waals surface area contributed by atoms with Gasteiger partial charge in [-0.1, -0.05) is 30.3 Å². The van der Waals surface area contributed by atoms with Crippen molar-refractivity contribution in [3.63, 3.8) is 0 Å². The van der Waals surface area contributed by atoms with E-state index in [1.54, 1.807) is 4.90 Å². The zero-order valence-corrected chi connectivity index (χ0v) is 12.4. The molecule has 1 saturated heterocycles. The van der Waals surface area contributed by atoms with Crippen LogP contribution in [-0.4, -0.2) is 34.3 Å². The number of hydrogen-bond acceptors (Lipinski definition) is 3. The van der Waals surface area contributed by atoms with E-state index in [9.17, 15) is 9.90 Å². The van der Waals surface area contributed by atoms with Gasteiger partial charge in [-0.2, -0.15) is 0 Å². The molecule has 2 atom stereocenters. The van der Waals surface area contributed by atoms with Crippen molar-refractivity contribution < 1.29 is 14.6 Å². The molecule has 0 aliphatic carbocycles. The van der Waals surface area contributed by atoms with Gasteiger partial charge in [0, 0.05) is 12.6 Å². The van der Waals surface area contributed by atoms with Crippen LogP contribution < -0.4 is 0 Å². The van der Waals surface area contributed by atoms with Crippen LogP contribution >= 0.6 is 0 Å².